The largest absolute Gasteiger partial charge is 0.397 e. The second-order valence-corrected chi connectivity index (χ2v) is 16.4. The molecule has 6 N–H and O–H groups in total. The summed E-state index contributed by atoms with van der Waals surface area (Å²) in [5.74, 6) is 4.11. The van der Waals surface area contributed by atoms with E-state index in [1.165, 1.54) is 38.5 Å². The molecule has 0 bridgehead atoms. The average molecular weight is 641 g/mol. The van der Waals surface area contributed by atoms with Crippen molar-refractivity contribution in [1.29, 1.82) is 0 Å². The minimum atomic E-state index is -4.39. The van der Waals surface area contributed by atoms with Gasteiger partial charge in [-0.05, 0) is 169 Å². The van der Waals surface area contributed by atoms with Gasteiger partial charge >= 0.3 is 10.4 Å². The molecule has 0 aromatic heterocycles. The van der Waals surface area contributed by atoms with Crippen molar-refractivity contribution in [1.82, 2.24) is 16.0 Å². The van der Waals surface area contributed by atoms with Gasteiger partial charge in [0.05, 0.1) is 6.10 Å². The zero-order valence-electron chi connectivity index (χ0n) is 28.0. The fraction of sp³-hybridized carbons (Fsp3) is 0.971. The first-order chi connectivity index (χ1) is 21.0. The Hall–Kier alpha value is -0.780. The van der Waals surface area contributed by atoms with Crippen LogP contribution >= 0.6 is 0 Å². The summed E-state index contributed by atoms with van der Waals surface area (Å²) >= 11 is 0. The molecule has 4 aliphatic rings. The lowest BCUT2D eigenvalue weighted by Crippen LogP contribution is -2.54. The van der Waals surface area contributed by atoms with E-state index in [2.05, 4.69) is 36.7 Å². The lowest BCUT2D eigenvalue weighted by Gasteiger charge is -2.61. The van der Waals surface area contributed by atoms with Crippen LogP contribution in [-0.2, 0) is 19.4 Å². The van der Waals surface area contributed by atoms with Gasteiger partial charge in [0.25, 0.3) is 0 Å². The molecule has 4 saturated carbocycles. The van der Waals surface area contributed by atoms with Crippen LogP contribution in [0.3, 0.4) is 0 Å². The monoisotopic (exact) mass is 640 g/mol. The van der Waals surface area contributed by atoms with E-state index in [9.17, 15) is 17.8 Å². The lowest BCUT2D eigenvalue weighted by molar-refractivity contribution is -0.127. The van der Waals surface area contributed by atoms with E-state index in [0.29, 0.717) is 41.9 Å². The van der Waals surface area contributed by atoms with Crippen molar-refractivity contribution in [2.75, 3.05) is 39.3 Å². The summed E-state index contributed by atoms with van der Waals surface area (Å²) < 4.78 is 36.9. The molecule has 256 valence electrons. The third kappa shape index (κ3) is 9.18. The van der Waals surface area contributed by atoms with Gasteiger partial charge in [0, 0.05) is 13.0 Å². The Bertz CT molecular complexity index is 1010. The smallest absolute Gasteiger partial charge is 0.356 e. The van der Waals surface area contributed by atoms with Gasteiger partial charge < -0.3 is 21.7 Å². The van der Waals surface area contributed by atoms with Crippen molar-refractivity contribution in [2.45, 2.75) is 123 Å². The van der Waals surface area contributed by atoms with Gasteiger partial charge in [-0.25, -0.2) is 4.18 Å². The summed E-state index contributed by atoms with van der Waals surface area (Å²) in [6.07, 6.45) is 15.5. The maximum absolute atomic E-state index is 12.7. The minimum Gasteiger partial charge on any atom is -0.356 e. The van der Waals surface area contributed by atoms with E-state index in [-0.39, 0.29) is 17.4 Å². The van der Waals surface area contributed by atoms with E-state index < -0.39 is 10.4 Å². The van der Waals surface area contributed by atoms with Gasteiger partial charge in [0.1, 0.15) is 0 Å². The Morgan fingerprint density at radius 1 is 0.886 bits per heavy atom. The first-order valence-corrected chi connectivity index (χ1v) is 19.4. The predicted octanol–water partition coefficient (Wildman–Crippen LogP) is 5.06. The number of unbranched alkanes of at least 4 members (excludes halogenated alkanes) is 1. The molecule has 0 aliphatic heterocycles. The van der Waals surface area contributed by atoms with E-state index in [1.807, 2.05) is 0 Å². The highest BCUT2D eigenvalue weighted by molar-refractivity contribution is 7.80. The Labute approximate surface area is 268 Å². The van der Waals surface area contributed by atoms with Gasteiger partial charge in [-0.3, -0.25) is 9.35 Å². The van der Waals surface area contributed by atoms with Crippen molar-refractivity contribution in [3.8, 4) is 0 Å². The molecule has 4 aliphatic carbocycles. The summed E-state index contributed by atoms with van der Waals surface area (Å²) in [5.41, 5.74) is 6.10. The second kappa shape index (κ2) is 16.4. The highest BCUT2D eigenvalue weighted by atomic mass is 32.3. The Morgan fingerprint density at radius 3 is 2.25 bits per heavy atom. The van der Waals surface area contributed by atoms with Crippen molar-refractivity contribution >= 4 is 16.3 Å². The van der Waals surface area contributed by atoms with Crippen LogP contribution < -0.4 is 21.7 Å². The summed E-state index contributed by atoms with van der Waals surface area (Å²) in [5, 5.41) is 10.1. The molecule has 10 heteroatoms. The van der Waals surface area contributed by atoms with Crippen LogP contribution in [0.1, 0.15) is 117 Å². The maximum Gasteiger partial charge on any atom is 0.397 e. The van der Waals surface area contributed by atoms with Crippen LogP contribution in [0.2, 0.25) is 0 Å². The van der Waals surface area contributed by atoms with Gasteiger partial charge in [0.2, 0.25) is 5.91 Å². The fourth-order valence-electron chi connectivity index (χ4n) is 10.5. The Morgan fingerprint density at radius 2 is 1.55 bits per heavy atom. The molecule has 0 radical (unpaired) electrons. The number of nitrogens with two attached hydrogens (primary N) is 1. The van der Waals surface area contributed by atoms with Crippen LogP contribution in [0.5, 0.6) is 0 Å². The topological polar surface area (TPSA) is 143 Å². The summed E-state index contributed by atoms with van der Waals surface area (Å²) in [4.78, 5) is 12.7. The quantitative estimate of drug-likeness (QED) is 0.103. The van der Waals surface area contributed by atoms with Gasteiger partial charge in [0.15, 0.2) is 0 Å². The van der Waals surface area contributed by atoms with Gasteiger partial charge in [-0.1, -0.05) is 20.8 Å². The number of rotatable bonds is 18. The molecule has 0 aromatic rings. The second-order valence-electron chi connectivity index (χ2n) is 15.4. The number of carbonyl (C=O) groups excluding carboxylic acids is 1. The molecule has 9 atom stereocenters. The molecule has 1 amide bonds. The summed E-state index contributed by atoms with van der Waals surface area (Å²) in [6.45, 7) is 13.0. The molecule has 0 heterocycles. The van der Waals surface area contributed by atoms with E-state index in [0.717, 1.165) is 96.1 Å². The van der Waals surface area contributed by atoms with E-state index in [1.54, 1.807) is 0 Å². The van der Waals surface area contributed by atoms with Crippen LogP contribution in [0, 0.1) is 46.3 Å². The van der Waals surface area contributed by atoms with Crippen LogP contribution in [0.4, 0.5) is 0 Å². The van der Waals surface area contributed by atoms with Crippen LogP contribution in [0.25, 0.3) is 0 Å². The molecule has 4 fully saturated rings. The van der Waals surface area contributed by atoms with E-state index >= 15 is 0 Å². The number of fused-ring (bicyclic) bond motifs is 5. The average Bonchev–Trinajstić information content (AvgIpc) is 3.33. The molecule has 0 saturated heterocycles. The van der Waals surface area contributed by atoms with Crippen LogP contribution in [-0.4, -0.2) is 64.3 Å². The zero-order chi connectivity index (χ0) is 31.8. The number of hydrogen-bond acceptors (Lipinski definition) is 7. The first-order valence-electron chi connectivity index (χ1n) is 18.0. The number of carbonyl (C=O) groups is 1. The lowest BCUT2D eigenvalue weighted by atomic mass is 9.44. The molecule has 44 heavy (non-hydrogen) atoms. The van der Waals surface area contributed by atoms with Crippen molar-refractivity contribution in [3.05, 3.63) is 0 Å². The minimum absolute atomic E-state index is 0.198. The third-order valence-electron chi connectivity index (χ3n) is 12.8. The first kappa shape index (κ1) is 36.1. The number of nitrogens with one attached hydrogen (secondary N) is 3. The Kier molecular flexibility index (Phi) is 13.4. The SMILES string of the molecule is CC(CCC(=O)NCCCNCCCCNCCCN)[C@H]1CCC2C3CC[C@@H]4C[C@H](OS(=O)(=O)O)CC[C@]4(C)C3CC[C@@]21C. The van der Waals surface area contributed by atoms with Gasteiger partial charge in [-0.15, -0.1) is 0 Å². The van der Waals surface area contributed by atoms with Crippen LogP contribution in [0.15, 0.2) is 0 Å². The van der Waals surface area contributed by atoms with Gasteiger partial charge in [-0.2, -0.15) is 8.42 Å². The molecular formula is C34H64N4O5S. The molecule has 4 rings (SSSR count). The standard InChI is InChI=1S/C34H64N4O5S/c1-25(8-13-32(39)38-23-7-22-37-20-5-4-19-36-21-6-18-35)29-11-12-30-28-10-9-26-24-27(43-44(40,41)42)14-16-33(26,2)31(28)15-17-34(29,30)3/h25-31,36-37H,4-24,35H2,1-3H3,(H,38,39)(H,40,41,42)/t25?,26-,27-,28?,29-,30?,31?,33+,34-/m1/s1. The predicted molar refractivity (Wildman–Crippen MR) is 176 cm³/mol. The molecular weight excluding hydrogens is 576 g/mol. The number of hydrogen-bond donors (Lipinski definition) is 5. The number of amides is 1. The summed E-state index contributed by atoms with van der Waals surface area (Å²) in [6, 6.07) is 0. The molecule has 0 aromatic carbocycles. The molecule has 0 spiro atoms. The normalized spacial score (nSPS) is 35.8. The van der Waals surface area contributed by atoms with Crippen molar-refractivity contribution in [3.63, 3.8) is 0 Å². The molecule has 9 nitrogen and oxygen atoms in total. The van der Waals surface area contributed by atoms with E-state index in [4.69, 9.17) is 9.92 Å². The summed E-state index contributed by atoms with van der Waals surface area (Å²) in [7, 11) is -4.39. The molecule has 4 unspecified atom stereocenters. The third-order valence-corrected chi connectivity index (χ3v) is 13.3. The zero-order valence-corrected chi connectivity index (χ0v) is 28.8. The van der Waals surface area contributed by atoms with Crippen molar-refractivity contribution in [2.24, 2.45) is 52.1 Å². The Balaban J connectivity index is 1.15. The fourth-order valence-corrected chi connectivity index (χ4v) is 11.0. The highest BCUT2D eigenvalue weighted by Crippen LogP contribution is 2.68. The maximum atomic E-state index is 12.7. The van der Waals surface area contributed by atoms with Crippen molar-refractivity contribution < 1.29 is 21.9 Å². The highest BCUT2D eigenvalue weighted by Gasteiger charge is 2.60.